The van der Waals surface area contributed by atoms with Gasteiger partial charge in [-0.05, 0) is 36.4 Å². The first-order chi connectivity index (χ1) is 12.8. The number of rotatable bonds is 9. The first kappa shape index (κ1) is 20.2. The van der Waals surface area contributed by atoms with Crippen molar-refractivity contribution in [3.63, 3.8) is 0 Å². The van der Waals surface area contributed by atoms with Gasteiger partial charge in [0.05, 0.1) is 12.6 Å². The highest BCUT2D eigenvalue weighted by Gasteiger charge is 2.39. The van der Waals surface area contributed by atoms with E-state index in [0.717, 1.165) is 30.3 Å². The monoisotopic (exact) mass is 418 g/mol. The number of aromatic nitrogens is 1. The number of halogens is 4. The SMILES string of the molecule is O=C(CCSCCC(F)(F)F)N(CC1CC1)C1=C[N+](c2cccnc2)=C1Cl. The van der Waals surface area contributed by atoms with Crippen molar-refractivity contribution in [1.29, 1.82) is 0 Å². The minimum absolute atomic E-state index is 0.0240. The molecule has 27 heavy (non-hydrogen) atoms. The fourth-order valence-corrected chi connectivity index (χ4v) is 3.83. The van der Waals surface area contributed by atoms with Gasteiger partial charge in [-0.2, -0.15) is 24.9 Å². The molecule has 0 aromatic carbocycles. The summed E-state index contributed by atoms with van der Waals surface area (Å²) in [6.07, 6.45) is 2.54. The van der Waals surface area contributed by atoms with Crippen molar-refractivity contribution >= 4 is 40.1 Å². The van der Waals surface area contributed by atoms with Crippen LogP contribution in [0, 0.1) is 5.92 Å². The Hall–Kier alpha value is -1.54. The second kappa shape index (κ2) is 8.65. The minimum atomic E-state index is -4.15. The molecule has 2 aliphatic rings. The zero-order valence-electron chi connectivity index (χ0n) is 14.6. The summed E-state index contributed by atoms with van der Waals surface area (Å²) >= 11 is 7.57. The Morgan fingerprint density at radius 1 is 1.37 bits per heavy atom. The Bertz CT molecular complexity index is 748. The Balaban J connectivity index is 1.56. The molecule has 1 aliphatic heterocycles. The zero-order chi connectivity index (χ0) is 19.4. The van der Waals surface area contributed by atoms with Crippen LogP contribution in [-0.2, 0) is 4.79 Å². The Morgan fingerprint density at radius 2 is 2.15 bits per heavy atom. The third kappa shape index (κ3) is 5.72. The van der Waals surface area contributed by atoms with Crippen LogP contribution in [0.1, 0.15) is 25.7 Å². The number of pyridine rings is 1. The van der Waals surface area contributed by atoms with Crippen LogP contribution >= 0.6 is 23.4 Å². The van der Waals surface area contributed by atoms with Gasteiger partial charge >= 0.3 is 11.3 Å². The molecule has 2 heterocycles. The molecule has 0 spiro atoms. The van der Waals surface area contributed by atoms with E-state index in [0.29, 0.717) is 29.1 Å². The van der Waals surface area contributed by atoms with Gasteiger partial charge in [-0.1, -0.05) is 0 Å². The molecule has 1 aliphatic carbocycles. The molecule has 0 radical (unpaired) electrons. The normalized spacial score (nSPS) is 16.8. The number of hydrogen-bond acceptors (Lipinski definition) is 3. The van der Waals surface area contributed by atoms with Crippen LogP contribution in [0.25, 0.3) is 0 Å². The van der Waals surface area contributed by atoms with E-state index in [1.54, 1.807) is 34.1 Å². The van der Waals surface area contributed by atoms with E-state index < -0.39 is 12.6 Å². The molecule has 1 aromatic rings. The molecule has 1 amide bonds. The maximum atomic E-state index is 12.6. The summed E-state index contributed by atoms with van der Waals surface area (Å²) in [5.74, 6) is 0.721. The van der Waals surface area contributed by atoms with E-state index in [2.05, 4.69) is 4.98 Å². The summed E-state index contributed by atoms with van der Waals surface area (Å²) in [6, 6.07) is 3.67. The molecule has 1 fully saturated rings. The van der Waals surface area contributed by atoms with Crippen LogP contribution in [0.5, 0.6) is 0 Å². The zero-order valence-corrected chi connectivity index (χ0v) is 16.2. The predicted molar refractivity (Wildman–Crippen MR) is 100 cm³/mol. The highest BCUT2D eigenvalue weighted by atomic mass is 35.5. The Kier molecular flexibility index (Phi) is 6.47. The van der Waals surface area contributed by atoms with Gasteiger partial charge < -0.3 is 4.90 Å². The number of carbonyl (C=O) groups is 1. The summed E-state index contributed by atoms with van der Waals surface area (Å²) in [4.78, 5) is 18.4. The fourth-order valence-electron chi connectivity index (χ4n) is 2.63. The molecule has 3 rings (SSSR count). The van der Waals surface area contributed by atoms with Crippen molar-refractivity contribution in [2.45, 2.75) is 31.9 Å². The topological polar surface area (TPSA) is 36.2 Å². The van der Waals surface area contributed by atoms with Gasteiger partial charge in [0.25, 0.3) is 0 Å². The van der Waals surface area contributed by atoms with E-state index in [-0.39, 0.29) is 18.1 Å². The number of hydrogen-bond donors (Lipinski definition) is 0. The number of nitrogens with zero attached hydrogens (tertiary/aromatic N) is 3. The van der Waals surface area contributed by atoms with Crippen molar-refractivity contribution in [2.75, 3.05) is 18.1 Å². The highest BCUT2D eigenvalue weighted by molar-refractivity contribution is 7.99. The molecule has 4 nitrogen and oxygen atoms in total. The van der Waals surface area contributed by atoms with Gasteiger partial charge in [0.2, 0.25) is 17.8 Å². The summed E-state index contributed by atoms with van der Waals surface area (Å²) in [5.41, 5.74) is 1.48. The third-order valence-electron chi connectivity index (χ3n) is 4.32. The van der Waals surface area contributed by atoms with E-state index in [4.69, 9.17) is 11.6 Å². The quantitative estimate of drug-likeness (QED) is 0.436. The highest BCUT2D eigenvalue weighted by Crippen LogP contribution is 2.34. The fraction of sp³-hybridized carbons (Fsp3) is 0.500. The van der Waals surface area contributed by atoms with Gasteiger partial charge in [-0.25, -0.2) is 0 Å². The van der Waals surface area contributed by atoms with Crippen molar-refractivity contribution < 1.29 is 22.5 Å². The molecule has 1 saturated carbocycles. The maximum Gasteiger partial charge on any atom is 0.389 e. The summed E-state index contributed by atoms with van der Waals surface area (Å²) in [7, 11) is 0. The summed E-state index contributed by atoms with van der Waals surface area (Å²) < 4.78 is 38.3. The molecule has 0 unspecified atom stereocenters. The molecular weight excluding hydrogens is 399 g/mol. The minimum Gasteiger partial charge on any atom is -0.301 e. The molecule has 0 saturated heterocycles. The summed E-state index contributed by atoms with van der Waals surface area (Å²) in [6.45, 7) is 0.606. The Labute approximate surface area is 165 Å². The molecule has 0 bridgehead atoms. The number of carbonyl (C=O) groups excluding carboxylic acids is 1. The molecule has 1 aromatic heterocycles. The van der Waals surface area contributed by atoms with Gasteiger partial charge in [0.15, 0.2) is 5.70 Å². The van der Waals surface area contributed by atoms with E-state index in [9.17, 15) is 18.0 Å². The van der Waals surface area contributed by atoms with Gasteiger partial charge in [-0.15, -0.1) is 4.58 Å². The van der Waals surface area contributed by atoms with E-state index >= 15 is 0 Å². The van der Waals surface area contributed by atoms with Crippen molar-refractivity contribution in [1.82, 2.24) is 9.88 Å². The lowest BCUT2D eigenvalue weighted by Gasteiger charge is -2.25. The molecular formula is C18H20ClF3N3OS+. The van der Waals surface area contributed by atoms with Crippen LogP contribution in [0.4, 0.5) is 18.9 Å². The van der Waals surface area contributed by atoms with Crippen LogP contribution in [0.3, 0.4) is 0 Å². The molecule has 0 N–H and O–H groups in total. The lowest BCUT2D eigenvalue weighted by atomic mass is 10.2. The smallest absolute Gasteiger partial charge is 0.301 e. The van der Waals surface area contributed by atoms with Crippen molar-refractivity contribution in [3.8, 4) is 0 Å². The van der Waals surface area contributed by atoms with Crippen LogP contribution in [0.2, 0.25) is 0 Å². The van der Waals surface area contributed by atoms with Gasteiger partial charge in [-0.3, -0.25) is 9.78 Å². The molecule has 0 atom stereocenters. The second-order valence-electron chi connectivity index (χ2n) is 6.56. The number of amides is 1. The average molecular weight is 419 g/mol. The summed E-state index contributed by atoms with van der Waals surface area (Å²) in [5, 5.41) is 0.460. The first-order valence-corrected chi connectivity index (χ1v) is 10.3. The standard InChI is InChI=1S/C18H20ClF3N3OS/c19-17-15(12-24(17)14-2-1-7-23-10-14)25(11-13-3-4-13)16(26)5-8-27-9-6-18(20,21)22/h1-2,7,10,12-13H,3-6,8-9,11H2/q+1. The molecule has 9 heteroatoms. The van der Waals surface area contributed by atoms with Gasteiger partial charge in [0.1, 0.15) is 0 Å². The lowest BCUT2D eigenvalue weighted by molar-refractivity contribution is -0.373. The lowest BCUT2D eigenvalue weighted by Crippen LogP contribution is -2.40. The number of thioether (sulfide) groups is 1. The van der Waals surface area contributed by atoms with E-state index in [1.807, 2.05) is 6.07 Å². The first-order valence-electron chi connectivity index (χ1n) is 8.74. The molecule has 146 valence electrons. The van der Waals surface area contributed by atoms with E-state index in [1.165, 1.54) is 0 Å². The largest absolute Gasteiger partial charge is 0.389 e. The number of alkyl halides is 3. The average Bonchev–Trinajstić information content (AvgIpc) is 3.43. The van der Waals surface area contributed by atoms with Crippen molar-refractivity contribution in [3.05, 3.63) is 36.4 Å². The number of allylic oxidation sites excluding steroid dienone is 1. The van der Waals surface area contributed by atoms with Crippen molar-refractivity contribution in [2.24, 2.45) is 5.92 Å². The van der Waals surface area contributed by atoms with Crippen LogP contribution in [-0.4, -0.2) is 49.8 Å². The Morgan fingerprint density at radius 3 is 2.74 bits per heavy atom. The van der Waals surface area contributed by atoms with Gasteiger partial charge in [0, 0.05) is 36.7 Å². The van der Waals surface area contributed by atoms with Crippen LogP contribution in [0.15, 0.2) is 36.4 Å². The van der Waals surface area contributed by atoms with Crippen LogP contribution < -0.4 is 0 Å². The maximum absolute atomic E-state index is 12.6. The second-order valence-corrected chi connectivity index (χ2v) is 8.14. The third-order valence-corrected chi connectivity index (χ3v) is 5.68. The predicted octanol–water partition coefficient (Wildman–Crippen LogP) is 4.53.